The van der Waals surface area contributed by atoms with Gasteiger partial charge in [0.25, 0.3) is 5.56 Å². The highest BCUT2D eigenvalue weighted by Gasteiger charge is 2.28. The van der Waals surface area contributed by atoms with Crippen molar-refractivity contribution in [2.45, 2.75) is 38.5 Å². The van der Waals surface area contributed by atoms with Crippen LogP contribution in [0.25, 0.3) is 16.6 Å². The summed E-state index contributed by atoms with van der Waals surface area (Å²) in [6, 6.07) is 20.5. The number of rotatable bonds is 5. The number of fused-ring (bicyclic) bond motifs is 3. The Balaban J connectivity index is 0.00000160. The molecule has 0 bridgehead atoms. The van der Waals surface area contributed by atoms with Gasteiger partial charge in [0, 0.05) is 55.9 Å². The summed E-state index contributed by atoms with van der Waals surface area (Å²) < 4.78 is 9.87. The molecule has 0 spiro atoms. The summed E-state index contributed by atoms with van der Waals surface area (Å²) in [5, 5.41) is 4.79. The lowest BCUT2D eigenvalue weighted by Gasteiger charge is -2.37. The summed E-state index contributed by atoms with van der Waals surface area (Å²) in [6.45, 7) is 4.83. The van der Waals surface area contributed by atoms with E-state index >= 15 is 0 Å². The molecule has 0 radical (unpaired) electrons. The number of benzene rings is 2. The molecule has 4 heterocycles. The first-order chi connectivity index (χ1) is 17.2. The van der Waals surface area contributed by atoms with Crippen molar-refractivity contribution in [1.29, 1.82) is 0 Å². The zero-order chi connectivity index (χ0) is 23.8. The monoisotopic (exact) mass is 540 g/mol. The van der Waals surface area contributed by atoms with Crippen LogP contribution in [-0.4, -0.2) is 39.7 Å². The van der Waals surface area contributed by atoms with Crippen LogP contribution in [0.15, 0.2) is 71.7 Å². The maximum absolute atomic E-state index is 12.9. The fourth-order valence-corrected chi connectivity index (χ4v) is 5.72. The van der Waals surface area contributed by atoms with E-state index in [1.165, 1.54) is 35.0 Å². The second kappa shape index (κ2) is 11.7. The average Bonchev–Trinajstić information content (AvgIpc) is 3.19. The number of ether oxygens (including phenoxy) is 1. The van der Waals surface area contributed by atoms with Crippen molar-refractivity contribution in [1.82, 2.24) is 19.4 Å². The summed E-state index contributed by atoms with van der Waals surface area (Å²) in [7, 11) is 2.16. The number of hydrogen-bond acceptors (Lipinski definition) is 4. The smallest absolute Gasteiger partial charge is 0.258 e. The van der Waals surface area contributed by atoms with Crippen LogP contribution < -0.4 is 15.6 Å². The van der Waals surface area contributed by atoms with Crippen LogP contribution in [0, 0.1) is 0 Å². The number of halogens is 2. The molecule has 2 aromatic heterocycles. The number of pyridine rings is 1. The van der Waals surface area contributed by atoms with E-state index < -0.39 is 0 Å². The summed E-state index contributed by atoms with van der Waals surface area (Å²) in [6.07, 6.45) is 5.36. The fraction of sp³-hybridized carbons (Fsp3) is 0.345. The Morgan fingerprint density at radius 2 is 1.78 bits per heavy atom. The number of nitrogens with zero attached hydrogens (tertiary/aromatic N) is 3. The Morgan fingerprint density at radius 3 is 2.54 bits per heavy atom. The average molecular weight is 542 g/mol. The van der Waals surface area contributed by atoms with Crippen molar-refractivity contribution >= 4 is 35.7 Å². The highest BCUT2D eigenvalue weighted by atomic mass is 35.5. The molecule has 0 saturated carbocycles. The van der Waals surface area contributed by atoms with Gasteiger partial charge in [-0.15, -0.1) is 24.8 Å². The molecule has 0 aliphatic carbocycles. The van der Waals surface area contributed by atoms with Crippen LogP contribution in [0.5, 0.6) is 5.75 Å². The molecule has 0 amide bonds. The van der Waals surface area contributed by atoms with E-state index in [2.05, 4.69) is 40.0 Å². The number of piperidine rings is 1. The minimum absolute atomic E-state index is 0. The molecule has 8 heteroatoms. The van der Waals surface area contributed by atoms with Gasteiger partial charge in [0.2, 0.25) is 0 Å². The molecule has 0 atom stereocenters. The zero-order valence-electron chi connectivity index (χ0n) is 21.1. The van der Waals surface area contributed by atoms with Crippen LogP contribution in [0.3, 0.4) is 0 Å². The van der Waals surface area contributed by atoms with Gasteiger partial charge in [0.1, 0.15) is 12.4 Å². The van der Waals surface area contributed by atoms with E-state index in [4.69, 9.17) is 4.74 Å². The Morgan fingerprint density at radius 1 is 1.00 bits per heavy atom. The fourth-order valence-electron chi connectivity index (χ4n) is 5.72. The Bertz CT molecular complexity index is 1410. The van der Waals surface area contributed by atoms with Gasteiger partial charge in [-0.1, -0.05) is 36.4 Å². The minimum atomic E-state index is -0.0917. The molecule has 37 heavy (non-hydrogen) atoms. The molecule has 0 unspecified atom stereocenters. The Labute approximate surface area is 230 Å². The first kappa shape index (κ1) is 27.3. The molecule has 4 aromatic rings. The van der Waals surface area contributed by atoms with Crippen molar-refractivity contribution in [2.24, 2.45) is 7.05 Å². The first-order valence-corrected chi connectivity index (χ1v) is 12.6. The predicted molar refractivity (Wildman–Crippen MR) is 154 cm³/mol. The summed E-state index contributed by atoms with van der Waals surface area (Å²) in [4.78, 5) is 15.6. The molecule has 196 valence electrons. The van der Waals surface area contributed by atoms with Crippen molar-refractivity contribution in [2.75, 3.05) is 19.6 Å². The Kier molecular flexibility index (Phi) is 8.65. The number of hydrogen-bond donors (Lipinski definition) is 1. The van der Waals surface area contributed by atoms with Crippen LogP contribution in [0.2, 0.25) is 0 Å². The van der Waals surface area contributed by atoms with Gasteiger partial charge in [-0.25, -0.2) is 0 Å². The van der Waals surface area contributed by atoms with Crippen LogP contribution in [0.4, 0.5) is 0 Å². The van der Waals surface area contributed by atoms with E-state index in [0.29, 0.717) is 18.4 Å². The summed E-state index contributed by atoms with van der Waals surface area (Å²) >= 11 is 0. The molecular formula is C29H34Cl2N4O2. The number of nitrogens with one attached hydrogen (secondary N) is 1. The third-order valence-electron chi connectivity index (χ3n) is 7.66. The predicted octanol–water partition coefficient (Wildman–Crippen LogP) is 4.86. The quantitative estimate of drug-likeness (QED) is 0.392. The van der Waals surface area contributed by atoms with Gasteiger partial charge in [-0.3, -0.25) is 14.3 Å². The summed E-state index contributed by atoms with van der Waals surface area (Å²) in [5.74, 6) is 0.587. The molecule has 2 aromatic carbocycles. The van der Waals surface area contributed by atoms with E-state index in [-0.39, 0.29) is 30.4 Å². The minimum Gasteiger partial charge on any atom is -0.489 e. The molecule has 1 saturated heterocycles. The first-order valence-electron chi connectivity index (χ1n) is 12.6. The third-order valence-corrected chi connectivity index (χ3v) is 7.66. The van der Waals surface area contributed by atoms with Crippen LogP contribution in [0.1, 0.15) is 29.7 Å². The molecule has 2 aliphatic rings. The molecular weight excluding hydrogens is 507 g/mol. The second-order valence-electron chi connectivity index (χ2n) is 9.73. The van der Waals surface area contributed by atoms with Crippen molar-refractivity contribution in [3.05, 3.63) is 94.0 Å². The van der Waals surface area contributed by atoms with Gasteiger partial charge in [0.15, 0.2) is 0 Å². The van der Waals surface area contributed by atoms with Gasteiger partial charge >= 0.3 is 0 Å². The normalized spacial score (nSPS) is 16.0. The van der Waals surface area contributed by atoms with E-state index in [1.54, 1.807) is 10.6 Å². The van der Waals surface area contributed by atoms with Crippen molar-refractivity contribution < 1.29 is 4.74 Å². The molecule has 6 nitrogen and oxygen atoms in total. The third kappa shape index (κ3) is 5.43. The van der Waals surface area contributed by atoms with E-state index in [1.807, 2.05) is 42.6 Å². The van der Waals surface area contributed by atoms with Gasteiger partial charge in [-0.2, -0.15) is 0 Å². The Hall–Kier alpha value is -2.77. The molecule has 1 N–H and O–H groups in total. The maximum atomic E-state index is 12.9. The van der Waals surface area contributed by atoms with Crippen LogP contribution >= 0.6 is 24.8 Å². The summed E-state index contributed by atoms with van der Waals surface area (Å²) in [5.41, 5.74) is 5.94. The molecule has 6 rings (SSSR count). The lowest BCUT2D eigenvalue weighted by atomic mass is 9.98. The van der Waals surface area contributed by atoms with Gasteiger partial charge in [-0.05, 0) is 55.3 Å². The molecule has 2 aliphatic heterocycles. The maximum Gasteiger partial charge on any atom is 0.258 e. The van der Waals surface area contributed by atoms with Gasteiger partial charge in [0.05, 0.1) is 11.2 Å². The highest BCUT2D eigenvalue weighted by molar-refractivity contribution is 5.87. The van der Waals surface area contributed by atoms with Gasteiger partial charge < -0.3 is 14.6 Å². The number of aromatic nitrogens is 2. The number of aryl methyl sites for hydroxylation is 1. The standard InChI is InChI=1S/C29H32N4O2.2ClH/c1-31-27-12-15-32(22-9-13-30-14-10-22)19-26(27)25-8-7-23(17-28(25)31)33-16-11-24(18-29(33)34)35-20-21-5-3-2-4-6-21;;/h2-8,11,16-18,22,30H,9-10,12-15,19-20H2,1H3;2*1H. The zero-order valence-corrected chi connectivity index (χ0v) is 22.7. The van der Waals surface area contributed by atoms with Crippen molar-refractivity contribution in [3.63, 3.8) is 0 Å². The highest BCUT2D eigenvalue weighted by Crippen LogP contribution is 2.33. The molecule has 1 fully saturated rings. The van der Waals surface area contributed by atoms with E-state index in [0.717, 1.165) is 43.9 Å². The second-order valence-corrected chi connectivity index (χ2v) is 9.73. The lowest BCUT2D eigenvalue weighted by Crippen LogP contribution is -2.45. The largest absolute Gasteiger partial charge is 0.489 e. The van der Waals surface area contributed by atoms with E-state index in [9.17, 15) is 4.79 Å². The van der Waals surface area contributed by atoms with Crippen molar-refractivity contribution in [3.8, 4) is 11.4 Å². The lowest BCUT2D eigenvalue weighted by molar-refractivity contribution is 0.146. The topological polar surface area (TPSA) is 51.4 Å². The SMILES string of the molecule is Cl.Cl.Cn1c2c(c3ccc(-n4ccc(OCc5ccccc5)cc4=O)cc31)CN(C1CCNCC1)CC2. The van der Waals surface area contributed by atoms with Crippen LogP contribution in [-0.2, 0) is 26.6 Å².